The van der Waals surface area contributed by atoms with Gasteiger partial charge in [-0.05, 0) is 104 Å². The molecule has 0 radical (unpaired) electrons. The molecule has 348 valence electrons. The van der Waals surface area contributed by atoms with Crippen LogP contribution in [-0.4, -0.2) is 119 Å². The summed E-state index contributed by atoms with van der Waals surface area (Å²) in [6.07, 6.45) is 3.64. The molecule has 0 spiro atoms. The molecule has 0 saturated carbocycles. The van der Waals surface area contributed by atoms with Crippen LogP contribution in [0.4, 0.5) is 0 Å². The number of fused-ring (bicyclic) bond motifs is 7. The van der Waals surface area contributed by atoms with Crippen LogP contribution in [0.5, 0.6) is 5.75 Å². The van der Waals surface area contributed by atoms with Crippen LogP contribution in [0.1, 0.15) is 83.7 Å². The van der Waals surface area contributed by atoms with Gasteiger partial charge in [-0.2, -0.15) is 0 Å². The van der Waals surface area contributed by atoms with Crippen LogP contribution < -0.4 is 16.1 Å². The number of carbonyl (C=O) groups excluding carboxylic acids is 4. The van der Waals surface area contributed by atoms with E-state index in [0.29, 0.717) is 51.1 Å². The summed E-state index contributed by atoms with van der Waals surface area (Å²) in [5.41, 5.74) is 9.68. The monoisotopic (exact) mass is 891 g/mol. The molecule has 3 fully saturated rings. The molecule has 6 bridgehead atoms. The number of pyridine rings is 1. The number of hydrogen-bond acceptors (Lipinski definition) is 11. The summed E-state index contributed by atoms with van der Waals surface area (Å²) in [7, 11) is 3.32. The number of rotatable bonds is 9. The zero-order chi connectivity index (χ0) is 46.3. The Morgan fingerprint density at radius 1 is 1.09 bits per heavy atom. The van der Waals surface area contributed by atoms with E-state index in [1.165, 1.54) is 9.91 Å². The number of hydrogen-bond donors (Lipinski definition) is 4. The average molecular weight is 892 g/mol. The first-order valence-corrected chi connectivity index (χ1v) is 23.2. The molecule has 15 nitrogen and oxygen atoms in total. The summed E-state index contributed by atoms with van der Waals surface area (Å²) in [6.45, 7) is 14.2. The molecule has 65 heavy (non-hydrogen) atoms. The number of aromatic nitrogens is 2. The second kappa shape index (κ2) is 18.9. The molecule has 7 atom stereocenters. The van der Waals surface area contributed by atoms with Crippen LogP contribution in [0.25, 0.3) is 33.3 Å². The lowest BCUT2D eigenvalue weighted by Crippen LogP contribution is -2.62. The summed E-state index contributed by atoms with van der Waals surface area (Å²) < 4.78 is 20.2. The van der Waals surface area contributed by atoms with E-state index in [1.807, 2.05) is 39.0 Å². The fraction of sp³-hybridized carbons (Fsp3) is 0.540. The molecule has 4 aromatic rings. The first-order valence-electron chi connectivity index (χ1n) is 23.2. The van der Waals surface area contributed by atoms with Gasteiger partial charge in [0, 0.05) is 80.9 Å². The zero-order valence-electron chi connectivity index (χ0n) is 39.0. The van der Waals surface area contributed by atoms with E-state index in [2.05, 4.69) is 59.6 Å². The third-order valence-electron chi connectivity index (χ3n) is 13.8. The van der Waals surface area contributed by atoms with Crippen molar-refractivity contribution in [1.82, 2.24) is 35.5 Å². The van der Waals surface area contributed by atoms with Gasteiger partial charge in [-0.3, -0.25) is 29.2 Å². The standard InChI is InChI=1S/C50H65N7O8/c1-9-56-41-15-14-31-24-35(41)36(44(56)34-12-10-17-51-42(34)29(4)63-8)25-50(5,6)27-65-49(62)39-13-11-18-57(54-39)48(61)40(22-30-20-32(31)23-33(58)21-30)53-46(59)43(28(2)3)55(7)47(60)37-26-52-38-16-19-64-45(37)38/h10,12,14-15,17,20-21,23-24,28-29,37-40,43,45,52,54,58H,9,11,13,16,18-19,22,25-27H2,1-8H3,(H,53,59)/t29-,37-,38+,39-,40-,43?,45+/m0/s1. The maximum absolute atomic E-state index is 14.7. The van der Waals surface area contributed by atoms with Crippen LogP contribution in [-0.2, 0) is 52.8 Å². The second-order valence-corrected chi connectivity index (χ2v) is 19.4. The Hall–Kier alpha value is -5.35. The lowest BCUT2D eigenvalue weighted by atomic mass is 9.84. The van der Waals surface area contributed by atoms with Gasteiger partial charge in [0.25, 0.3) is 5.91 Å². The Kier molecular flexibility index (Phi) is 13.4. The van der Waals surface area contributed by atoms with Crippen LogP contribution in [0.3, 0.4) is 0 Å². The summed E-state index contributed by atoms with van der Waals surface area (Å²) in [6, 6.07) is 12.8. The van der Waals surface area contributed by atoms with E-state index < -0.39 is 47.2 Å². The van der Waals surface area contributed by atoms with Gasteiger partial charge in [-0.15, -0.1) is 0 Å². The number of ether oxygens (including phenoxy) is 3. The molecule has 2 aromatic carbocycles. The van der Waals surface area contributed by atoms with Gasteiger partial charge in [0.1, 0.15) is 23.9 Å². The lowest BCUT2D eigenvalue weighted by Gasteiger charge is -2.37. The third kappa shape index (κ3) is 9.25. The van der Waals surface area contributed by atoms with E-state index in [-0.39, 0.29) is 48.9 Å². The van der Waals surface area contributed by atoms with E-state index in [0.717, 1.165) is 51.0 Å². The Balaban J connectivity index is 1.21. The zero-order valence-corrected chi connectivity index (χ0v) is 39.0. The maximum Gasteiger partial charge on any atom is 0.324 e. The van der Waals surface area contributed by atoms with Crippen molar-refractivity contribution in [3.63, 3.8) is 0 Å². The van der Waals surface area contributed by atoms with E-state index >= 15 is 0 Å². The molecule has 4 aliphatic heterocycles. The van der Waals surface area contributed by atoms with Gasteiger partial charge in [-0.1, -0.05) is 39.8 Å². The van der Waals surface area contributed by atoms with E-state index in [1.54, 1.807) is 32.5 Å². The second-order valence-electron chi connectivity index (χ2n) is 19.4. The molecule has 3 saturated heterocycles. The van der Waals surface area contributed by atoms with Gasteiger partial charge in [0.15, 0.2) is 0 Å². The van der Waals surface area contributed by atoms with Crippen molar-refractivity contribution in [2.75, 3.05) is 40.5 Å². The number of nitrogens with one attached hydrogen (secondary N) is 3. The number of methoxy groups -OCH3 is 1. The van der Waals surface area contributed by atoms with Crippen molar-refractivity contribution >= 4 is 34.6 Å². The topological polar surface area (TPSA) is 177 Å². The van der Waals surface area contributed by atoms with Crippen LogP contribution in [0.2, 0.25) is 0 Å². The van der Waals surface area contributed by atoms with Crippen LogP contribution in [0.15, 0.2) is 54.7 Å². The molecule has 4 aliphatic rings. The normalized spacial score (nSPS) is 24.3. The number of cyclic esters (lactones) is 1. The highest BCUT2D eigenvalue weighted by Crippen LogP contribution is 2.42. The summed E-state index contributed by atoms with van der Waals surface area (Å²) in [5.74, 6) is -2.30. The summed E-state index contributed by atoms with van der Waals surface area (Å²) in [4.78, 5) is 63.5. The van der Waals surface area contributed by atoms with Crippen molar-refractivity contribution < 1.29 is 38.5 Å². The van der Waals surface area contributed by atoms with Crippen molar-refractivity contribution in [1.29, 1.82) is 0 Å². The highest BCUT2D eigenvalue weighted by molar-refractivity contribution is 5.96. The fourth-order valence-corrected chi connectivity index (χ4v) is 10.5. The van der Waals surface area contributed by atoms with Crippen LogP contribution in [0, 0.1) is 17.3 Å². The molecule has 3 amide bonds. The SMILES string of the molecule is CCn1c(-c2cccnc2[C@H](C)OC)c2c3cc(ccc31)-c1cc(O)cc(c1)C[C@H](NC(=O)C(C(C)C)N(C)C(=O)[C@H]1CN[C@@H]3CCO[C@H]13)C(=O)N1CCC[C@H](N1)C(=O)OCC(C)(C)C2. The highest BCUT2D eigenvalue weighted by Gasteiger charge is 2.47. The molecule has 6 heterocycles. The Morgan fingerprint density at radius 3 is 2.65 bits per heavy atom. The highest BCUT2D eigenvalue weighted by atomic mass is 16.5. The van der Waals surface area contributed by atoms with Crippen molar-refractivity contribution in [2.45, 2.75) is 117 Å². The van der Waals surface area contributed by atoms with E-state index in [4.69, 9.17) is 19.2 Å². The quantitative estimate of drug-likeness (QED) is 0.160. The number of aromatic hydroxyl groups is 1. The molecule has 4 N–H and O–H groups in total. The number of phenols is 1. The van der Waals surface area contributed by atoms with Crippen molar-refractivity contribution in [3.05, 3.63) is 71.5 Å². The Labute approximate surface area is 381 Å². The minimum atomic E-state index is -1.13. The number of nitrogens with zero attached hydrogens (tertiary/aromatic N) is 4. The lowest BCUT2D eigenvalue weighted by molar-refractivity contribution is -0.155. The van der Waals surface area contributed by atoms with Crippen molar-refractivity contribution in [2.24, 2.45) is 17.3 Å². The molecular formula is C50H65N7O8. The van der Waals surface area contributed by atoms with Gasteiger partial charge < -0.3 is 39.4 Å². The number of amides is 3. The molecule has 0 aliphatic carbocycles. The molecular weight excluding hydrogens is 827 g/mol. The summed E-state index contributed by atoms with van der Waals surface area (Å²) >= 11 is 0. The van der Waals surface area contributed by atoms with Gasteiger partial charge in [0.05, 0.1) is 36.1 Å². The van der Waals surface area contributed by atoms with E-state index in [9.17, 15) is 24.3 Å². The molecule has 15 heteroatoms. The molecule has 1 unspecified atom stereocenters. The number of phenolic OH excluding ortho intramolecular Hbond substituents is 1. The molecule has 8 rings (SSSR count). The smallest absolute Gasteiger partial charge is 0.324 e. The first kappa shape index (κ1) is 46.2. The number of aryl methyl sites for hydroxylation is 1. The van der Waals surface area contributed by atoms with Crippen LogP contribution >= 0.6 is 0 Å². The first-order chi connectivity index (χ1) is 31.1. The Morgan fingerprint density at radius 2 is 1.89 bits per heavy atom. The number of carbonyl (C=O) groups is 4. The van der Waals surface area contributed by atoms with Gasteiger partial charge in [0.2, 0.25) is 11.8 Å². The number of benzene rings is 2. The maximum atomic E-state index is 14.7. The third-order valence-corrected chi connectivity index (χ3v) is 13.8. The predicted molar refractivity (Wildman–Crippen MR) is 246 cm³/mol. The van der Waals surface area contributed by atoms with Crippen molar-refractivity contribution in [3.8, 4) is 28.1 Å². The molecule has 2 aromatic heterocycles. The van der Waals surface area contributed by atoms with Gasteiger partial charge >= 0.3 is 5.97 Å². The average Bonchev–Trinajstić information content (AvgIpc) is 4.00. The minimum absolute atomic E-state index is 0.00755. The number of likely N-dealkylation sites (N-methyl/N-ethyl adjacent to an activating group) is 1. The predicted octanol–water partition coefficient (Wildman–Crippen LogP) is 5.31. The van der Waals surface area contributed by atoms with Gasteiger partial charge in [-0.25, -0.2) is 5.43 Å². The number of esters is 1. The minimum Gasteiger partial charge on any atom is -0.508 e. The number of hydrazine groups is 1. The summed E-state index contributed by atoms with van der Waals surface area (Å²) in [5, 5.41) is 20.2. The largest absolute Gasteiger partial charge is 0.508 e. The Bertz CT molecular complexity index is 2450. The fourth-order valence-electron chi connectivity index (χ4n) is 10.5.